The highest BCUT2D eigenvalue weighted by Gasteiger charge is 2.27. The molecule has 0 amide bonds. The fraction of sp³-hybridized carbons (Fsp3) is 0.278. The number of pyridine rings is 1. The lowest BCUT2D eigenvalue weighted by Crippen LogP contribution is -2.45. The van der Waals surface area contributed by atoms with Crippen molar-refractivity contribution in [2.24, 2.45) is 5.92 Å². The van der Waals surface area contributed by atoms with E-state index in [9.17, 15) is 29.9 Å². The summed E-state index contributed by atoms with van der Waals surface area (Å²) in [5, 5.41) is 39.3. The summed E-state index contributed by atoms with van der Waals surface area (Å²) in [5.74, 6) is -3.32. The first-order valence-electron chi connectivity index (χ1n) is 8.41. The summed E-state index contributed by atoms with van der Waals surface area (Å²) in [5.41, 5.74) is 0.0146. The zero-order valence-electron chi connectivity index (χ0n) is 15.2. The summed E-state index contributed by atoms with van der Waals surface area (Å²) in [6, 6.07) is 8.20. The number of nitrogens with zero attached hydrogens (tertiary/aromatic N) is 1. The third kappa shape index (κ3) is 4.93. The van der Waals surface area contributed by atoms with Gasteiger partial charge in [-0.2, -0.15) is 0 Å². The number of hydrogen-bond acceptors (Lipinski definition) is 8. The minimum absolute atomic E-state index is 0.118. The van der Waals surface area contributed by atoms with E-state index in [1.807, 2.05) is 0 Å². The zero-order chi connectivity index (χ0) is 20.8. The maximum absolute atomic E-state index is 11.5. The lowest BCUT2D eigenvalue weighted by atomic mass is 10.0. The zero-order valence-corrected chi connectivity index (χ0v) is 15.2. The van der Waals surface area contributed by atoms with Crippen LogP contribution in [0.1, 0.15) is 25.5 Å². The van der Waals surface area contributed by atoms with E-state index in [4.69, 9.17) is 0 Å². The second-order valence-electron chi connectivity index (χ2n) is 6.38. The number of H-pyrrole nitrogens is 1. The van der Waals surface area contributed by atoms with Gasteiger partial charge < -0.3 is 19.8 Å². The van der Waals surface area contributed by atoms with Crippen molar-refractivity contribution < 1.29 is 29.7 Å². The maximum Gasteiger partial charge on any atom is 0.340 e. The smallest absolute Gasteiger partial charge is 0.340 e. The summed E-state index contributed by atoms with van der Waals surface area (Å²) in [7, 11) is 0. The molecule has 1 aromatic carbocycles. The molecule has 2 atom stereocenters. The van der Waals surface area contributed by atoms with Crippen LogP contribution in [0.2, 0.25) is 0 Å². The Morgan fingerprint density at radius 1 is 1.00 bits per heavy atom. The molecule has 1 heterocycles. The molecule has 148 valence electrons. The molecule has 0 aliphatic heterocycles. The second-order valence-corrected chi connectivity index (χ2v) is 6.38. The van der Waals surface area contributed by atoms with E-state index in [0.717, 1.165) is 6.07 Å². The van der Waals surface area contributed by atoms with E-state index in [-0.39, 0.29) is 11.6 Å². The van der Waals surface area contributed by atoms with Crippen molar-refractivity contribution >= 4 is 29.3 Å². The van der Waals surface area contributed by atoms with Gasteiger partial charge in [-0.3, -0.25) is 20.7 Å². The van der Waals surface area contributed by atoms with Crippen molar-refractivity contribution in [2.75, 3.05) is 10.6 Å². The van der Waals surface area contributed by atoms with Crippen LogP contribution >= 0.6 is 0 Å². The van der Waals surface area contributed by atoms with E-state index in [2.05, 4.69) is 15.6 Å². The molecule has 0 spiro atoms. The Morgan fingerprint density at radius 2 is 1.64 bits per heavy atom. The molecule has 0 saturated heterocycles. The molecule has 0 saturated carbocycles. The summed E-state index contributed by atoms with van der Waals surface area (Å²) in [4.78, 5) is 36.0. The molecular formula is C18H19N4O6-. The van der Waals surface area contributed by atoms with Gasteiger partial charge in [0.15, 0.2) is 0 Å². The molecule has 10 nitrogen and oxygen atoms in total. The van der Waals surface area contributed by atoms with Crippen LogP contribution in [0.4, 0.5) is 17.3 Å². The predicted octanol–water partition coefficient (Wildman–Crippen LogP) is -0.502. The number of carboxylic acid groups (broad SMARTS) is 2. The summed E-state index contributed by atoms with van der Waals surface area (Å²) in [6.07, 6.45) is 0. The fourth-order valence-electron chi connectivity index (χ4n) is 2.56. The number of nitrogens with one attached hydrogen (secondary N) is 3. The first-order chi connectivity index (χ1) is 13.2. The monoisotopic (exact) mass is 387 g/mol. The topological polar surface area (TPSA) is 162 Å². The van der Waals surface area contributed by atoms with Gasteiger partial charge in [0.2, 0.25) is 5.82 Å². The average molecular weight is 387 g/mol. The number of rotatable bonds is 9. The van der Waals surface area contributed by atoms with Crippen LogP contribution in [0, 0.1) is 16.0 Å². The van der Waals surface area contributed by atoms with Gasteiger partial charge in [0.25, 0.3) is 5.82 Å². The normalized spacial score (nSPS) is 12.8. The summed E-state index contributed by atoms with van der Waals surface area (Å²) >= 11 is 0. The third-order valence-corrected chi connectivity index (χ3v) is 4.01. The number of hydrogen-bond donors (Lipinski definition) is 2. The number of carboxylic acids is 2. The fourth-order valence-corrected chi connectivity index (χ4v) is 2.56. The largest absolute Gasteiger partial charge is 0.546 e. The van der Waals surface area contributed by atoms with Gasteiger partial charge >= 0.3 is 5.69 Å². The van der Waals surface area contributed by atoms with Gasteiger partial charge in [-0.25, -0.2) is 4.98 Å². The number of nitro groups is 1. The highest BCUT2D eigenvalue weighted by molar-refractivity contribution is 5.77. The van der Waals surface area contributed by atoms with E-state index < -0.39 is 40.6 Å². The van der Waals surface area contributed by atoms with E-state index >= 15 is 0 Å². The predicted molar refractivity (Wildman–Crippen MR) is 94.7 cm³/mol. The van der Waals surface area contributed by atoms with Crippen LogP contribution in [-0.4, -0.2) is 22.9 Å². The maximum atomic E-state index is 11.5. The van der Waals surface area contributed by atoms with Gasteiger partial charge in [0, 0.05) is 12.1 Å². The SMILES string of the molecule is CC(C)[C@H](Nc1[nH+]c(N[C@H](C(=O)[O-])c2ccccc2)ccc1[N+](=O)[O-])C(=O)[O-]. The highest BCUT2D eigenvalue weighted by atomic mass is 16.6. The molecule has 2 aromatic rings. The Kier molecular flexibility index (Phi) is 6.48. The first kappa shape index (κ1) is 20.6. The van der Waals surface area contributed by atoms with Crippen LogP contribution in [0.3, 0.4) is 0 Å². The molecule has 0 aliphatic rings. The van der Waals surface area contributed by atoms with Crippen LogP contribution in [0.5, 0.6) is 0 Å². The molecule has 0 aliphatic carbocycles. The van der Waals surface area contributed by atoms with Gasteiger partial charge in [0.05, 0.1) is 16.9 Å². The molecule has 3 N–H and O–H groups in total. The van der Waals surface area contributed by atoms with Crippen molar-refractivity contribution in [1.82, 2.24) is 0 Å². The van der Waals surface area contributed by atoms with Crippen molar-refractivity contribution in [1.29, 1.82) is 0 Å². The van der Waals surface area contributed by atoms with Crippen molar-refractivity contribution in [3.8, 4) is 0 Å². The Morgan fingerprint density at radius 3 is 2.14 bits per heavy atom. The van der Waals surface area contributed by atoms with Crippen molar-refractivity contribution in [3.63, 3.8) is 0 Å². The lowest BCUT2D eigenvalue weighted by molar-refractivity contribution is -0.405. The molecule has 28 heavy (non-hydrogen) atoms. The average Bonchev–Trinajstić information content (AvgIpc) is 2.64. The molecule has 0 radical (unpaired) electrons. The van der Waals surface area contributed by atoms with Gasteiger partial charge in [0.1, 0.15) is 12.1 Å². The van der Waals surface area contributed by atoms with Gasteiger partial charge in [-0.05, 0) is 11.5 Å². The summed E-state index contributed by atoms with van der Waals surface area (Å²) < 4.78 is 0. The highest BCUT2D eigenvalue weighted by Crippen LogP contribution is 2.24. The first-order valence-corrected chi connectivity index (χ1v) is 8.41. The number of carbonyl (C=O) groups is 2. The number of anilines is 2. The number of carbonyl (C=O) groups excluding carboxylic acids is 2. The van der Waals surface area contributed by atoms with Crippen molar-refractivity contribution in [2.45, 2.75) is 25.9 Å². The Bertz CT molecular complexity index is 872. The standard InChI is InChI=1S/C18H20N4O6/c1-10(2)14(17(23)24)21-16-12(22(27)28)8-9-13(20-16)19-15(18(25)26)11-6-4-3-5-7-11/h3-10,14-15H,1-2H3,(H,23,24)(H,25,26)(H2,19,20,21)/p-1/t14-,15-/m0/s1. The molecule has 1 aromatic heterocycles. The summed E-state index contributed by atoms with van der Waals surface area (Å²) in [6.45, 7) is 3.23. The number of aromatic amines is 1. The lowest BCUT2D eigenvalue weighted by Gasteiger charge is -2.21. The van der Waals surface area contributed by atoms with Crippen LogP contribution in [0.15, 0.2) is 42.5 Å². The Hall–Kier alpha value is -3.69. The van der Waals surface area contributed by atoms with Gasteiger partial charge in [-0.1, -0.05) is 44.2 Å². The minimum atomic E-state index is -1.42. The van der Waals surface area contributed by atoms with E-state index in [0.29, 0.717) is 5.56 Å². The second kappa shape index (κ2) is 8.80. The molecule has 0 bridgehead atoms. The van der Waals surface area contributed by atoms with E-state index in [1.165, 1.54) is 6.07 Å². The number of benzene rings is 1. The van der Waals surface area contributed by atoms with E-state index in [1.54, 1.807) is 44.2 Å². The Balaban J connectivity index is 2.39. The molecule has 0 fully saturated rings. The van der Waals surface area contributed by atoms with Crippen LogP contribution < -0.4 is 25.8 Å². The van der Waals surface area contributed by atoms with Crippen LogP contribution in [0.25, 0.3) is 0 Å². The number of aromatic nitrogens is 1. The molecule has 2 rings (SSSR count). The third-order valence-electron chi connectivity index (χ3n) is 4.01. The van der Waals surface area contributed by atoms with Crippen LogP contribution in [-0.2, 0) is 9.59 Å². The molecule has 0 unspecified atom stereocenters. The minimum Gasteiger partial charge on any atom is -0.546 e. The molecular weight excluding hydrogens is 368 g/mol. The number of aliphatic carboxylic acids is 2. The van der Waals surface area contributed by atoms with Crippen molar-refractivity contribution in [3.05, 3.63) is 58.1 Å². The Labute approximate surface area is 160 Å². The molecule has 10 heteroatoms. The van der Waals surface area contributed by atoms with Gasteiger partial charge in [-0.15, -0.1) is 0 Å². The quantitative estimate of drug-likeness (QED) is 0.430.